The second kappa shape index (κ2) is 7.39. The number of hydrogen-bond acceptors (Lipinski definition) is 5. The van der Waals surface area contributed by atoms with Gasteiger partial charge in [-0.05, 0) is 18.8 Å². The molecule has 150 valence electrons. The van der Waals surface area contributed by atoms with Crippen molar-refractivity contribution in [2.24, 2.45) is 17.3 Å². The van der Waals surface area contributed by atoms with Crippen molar-refractivity contribution < 1.29 is 24.2 Å². The number of carboxylic acids is 1. The molecular weight excluding hydrogens is 350 g/mol. The highest BCUT2D eigenvalue weighted by Crippen LogP contribution is 2.49. The zero-order valence-electron chi connectivity index (χ0n) is 15.8. The fraction of sp³-hybridized carbons (Fsp3) is 0.842. The molecule has 0 aromatic heterocycles. The van der Waals surface area contributed by atoms with Crippen LogP contribution in [0.25, 0.3) is 0 Å². The van der Waals surface area contributed by atoms with Crippen LogP contribution in [0.5, 0.6) is 0 Å². The molecule has 4 aliphatic rings. The van der Waals surface area contributed by atoms with E-state index in [1.807, 2.05) is 0 Å². The Balaban J connectivity index is 1.32. The summed E-state index contributed by atoms with van der Waals surface area (Å²) in [6.07, 6.45) is 2.72. The van der Waals surface area contributed by atoms with E-state index in [1.54, 1.807) is 9.80 Å². The van der Waals surface area contributed by atoms with Crippen molar-refractivity contribution >= 4 is 17.8 Å². The van der Waals surface area contributed by atoms with Gasteiger partial charge in [0.1, 0.15) is 0 Å². The van der Waals surface area contributed by atoms with Crippen LogP contribution in [0.15, 0.2) is 0 Å². The number of carboxylic acid groups (broad SMARTS) is 1. The van der Waals surface area contributed by atoms with Crippen LogP contribution in [0.3, 0.4) is 0 Å². The predicted octanol–water partition coefficient (Wildman–Crippen LogP) is -0.120. The third-order valence-electron chi connectivity index (χ3n) is 6.96. The summed E-state index contributed by atoms with van der Waals surface area (Å²) in [6, 6.07) is 0. The van der Waals surface area contributed by atoms with E-state index in [4.69, 9.17) is 4.74 Å². The summed E-state index contributed by atoms with van der Waals surface area (Å²) in [7, 11) is 0. The summed E-state index contributed by atoms with van der Waals surface area (Å²) in [5.74, 6) is -1.03. The quantitative estimate of drug-likeness (QED) is 0.716. The number of hydrogen-bond donors (Lipinski definition) is 1. The van der Waals surface area contributed by atoms with Gasteiger partial charge in [0.25, 0.3) is 0 Å². The van der Waals surface area contributed by atoms with Crippen LogP contribution in [-0.2, 0) is 19.1 Å². The zero-order chi connectivity index (χ0) is 19.0. The Bertz CT molecular complexity index is 620. The zero-order valence-corrected chi connectivity index (χ0v) is 15.8. The molecule has 3 heterocycles. The Hall–Kier alpha value is -1.67. The van der Waals surface area contributed by atoms with Gasteiger partial charge in [-0.2, -0.15) is 0 Å². The van der Waals surface area contributed by atoms with Gasteiger partial charge in [-0.1, -0.05) is 6.42 Å². The van der Waals surface area contributed by atoms with E-state index in [2.05, 4.69) is 4.90 Å². The smallest absolute Gasteiger partial charge is 0.311 e. The van der Waals surface area contributed by atoms with E-state index in [1.165, 1.54) is 0 Å². The van der Waals surface area contributed by atoms with Crippen molar-refractivity contribution in [1.82, 2.24) is 14.7 Å². The number of morpholine rings is 1. The SMILES string of the molecule is O=C1CC(C(=O)N2C[C@@H]3CCC[C@@]3(C(=O)O)C2)CN1CCN1CCOCC1. The standard InChI is InChI=1S/C19H29N3O5/c23-16-10-14(11-21(16)5-4-20-6-8-27-9-7-20)17(24)22-12-15-2-1-3-19(15,13-22)18(25)26/h14-15H,1-13H2,(H,25,26)/t14?,15-,19+/m0/s1. The number of rotatable bonds is 5. The number of carbonyl (C=O) groups is 3. The second-order valence-corrected chi connectivity index (χ2v) is 8.46. The molecule has 3 saturated heterocycles. The fourth-order valence-electron chi connectivity index (χ4n) is 5.31. The monoisotopic (exact) mass is 379 g/mol. The van der Waals surface area contributed by atoms with Gasteiger partial charge in [0.2, 0.25) is 11.8 Å². The van der Waals surface area contributed by atoms with Crippen molar-refractivity contribution in [3.63, 3.8) is 0 Å². The minimum atomic E-state index is -0.769. The lowest BCUT2D eigenvalue weighted by Crippen LogP contribution is -2.42. The summed E-state index contributed by atoms with van der Waals surface area (Å²) >= 11 is 0. The van der Waals surface area contributed by atoms with Gasteiger partial charge in [0, 0.05) is 52.2 Å². The molecule has 4 fully saturated rings. The summed E-state index contributed by atoms with van der Waals surface area (Å²) in [4.78, 5) is 42.9. The maximum atomic E-state index is 13.0. The summed E-state index contributed by atoms with van der Waals surface area (Å²) in [6.45, 7) is 5.99. The number of carbonyl (C=O) groups excluding carboxylic acids is 2. The van der Waals surface area contributed by atoms with E-state index in [-0.39, 0.29) is 30.1 Å². The van der Waals surface area contributed by atoms with Gasteiger partial charge in [-0.3, -0.25) is 19.3 Å². The number of amides is 2. The molecule has 8 nitrogen and oxygen atoms in total. The molecule has 3 aliphatic heterocycles. The lowest BCUT2D eigenvalue weighted by molar-refractivity contribution is -0.149. The average molecular weight is 379 g/mol. The van der Waals surface area contributed by atoms with Crippen molar-refractivity contribution in [3.8, 4) is 0 Å². The van der Waals surface area contributed by atoms with Gasteiger partial charge < -0.3 is 19.6 Å². The van der Waals surface area contributed by atoms with E-state index >= 15 is 0 Å². The minimum Gasteiger partial charge on any atom is -0.481 e. The van der Waals surface area contributed by atoms with Gasteiger partial charge in [0.05, 0.1) is 24.5 Å². The molecule has 3 atom stereocenters. The fourth-order valence-corrected chi connectivity index (χ4v) is 5.31. The van der Waals surface area contributed by atoms with Crippen LogP contribution in [0, 0.1) is 17.3 Å². The van der Waals surface area contributed by atoms with Crippen LogP contribution in [-0.4, -0.2) is 96.6 Å². The summed E-state index contributed by atoms with van der Waals surface area (Å²) in [5, 5.41) is 9.70. The number of aliphatic carboxylic acids is 1. The van der Waals surface area contributed by atoms with Gasteiger partial charge in [0.15, 0.2) is 0 Å². The third-order valence-corrected chi connectivity index (χ3v) is 6.96. The largest absolute Gasteiger partial charge is 0.481 e. The molecule has 1 saturated carbocycles. The summed E-state index contributed by atoms with van der Waals surface area (Å²) in [5.41, 5.74) is -0.756. The van der Waals surface area contributed by atoms with E-state index in [9.17, 15) is 19.5 Å². The van der Waals surface area contributed by atoms with Crippen molar-refractivity contribution in [3.05, 3.63) is 0 Å². The van der Waals surface area contributed by atoms with Gasteiger partial charge >= 0.3 is 5.97 Å². The van der Waals surface area contributed by atoms with E-state index in [0.717, 1.165) is 45.7 Å². The molecule has 8 heteroatoms. The Morgan fingerprint density at radius 1 is 1.19 bits per heavy atom. The summed E-state index contributed by atoms with van der Waals surface area (Å²) < 4.78 is 5.34. The maximum Gasteiger partial charge on any atom is 0.311 e. The molecule has 2 amide bonds. The molecule has 1 unspecified atom stereocenters. The molecule has 0 spiro atoms. The lowest BCUT2D eigenvalue weighted by Gasteiger charge is -2.28. The van der Waals surface area contributed by atoms with Crippen molar-refractivity contribution in [1.29, 1.82) is 0 Å². The molecular formula is C19H29N3O5. The predicted molar refractivity (Wildman–Crippen MR) is 95.9 cm³/mol. The first-order valence-corrected chi connectivity index (χ1v) is 10.1. The topological polar surface area (TPSA) is 90.4 Å². The first kappa shape index (κ1) is 18.7. The van der Waals surface area contributed by atoms with E-state index in [0.29, 0.717) is 32.6 Å². The van der Waals surface area contributed by atoms with E-state index < -0.39 is 11.4 Å². The molecule has 1 aliphatic carbocycles. The molecule has 27 heavy (non-hydrogen) atoms. The van der Waals surface area contributed by atoms with Crippen molar-refractivity contribution in [2.75, 3.05) is 59.0 Å². The number of nitrogens with zero attached hydrogens (tertiary/aromatic N) is 3. The Morgan fingerprint density at radius 2 is 1.96 bits per heavy atom. The van der Waals surface area contributed by atoms with Crippen LogP contribution >= 0.6 is 0 Å². The first-order chi connectivity index (χ1) is 13.0. The van der Waals surface area contributed by atoms with Crippen molar-refractivity contribution in [2.45, 2.75) is 25.7 Å². The van der Waals surface area contributed by atoms with Gasteiger partial charge in [-0.25, -0.2) is 0 Å². The third kappa shape index (κ3) is 3.45. The Morgan fingerprint density at radius 3 is 2.67 bits per heavy atom. The molecule has 0 aromatic carbocycles. The average Bonchev–Trinajstić information content (AvgIpc) is 3.32. The highest BCUT2D eigenvalue weighted by atomic mass is 16.5. The molecule has 1 N–H and O–H groups in total. The van der Waals surface area contributed by atoms with Gasteiger partial charge in [-0.15, -0.1) is 0 Å². The van der Waals surface area contributed by atoms with Crippen LogP contribution in [0.2, 0.25) is 0 Å². The molecule has 4 rings (SSSR count). The highest BCUT2D eigenvalue weighted by Gasteiger charge is 2.56. The molecule has 0 aromatic rings. The maximum absolute atomic E-state index is 13.0. The Kier molecular flexibility index (Phi) is 5.11. The lowest BCUT2D eigenvalue weighted by atomic mass is 9.81. The molecule has 0 radical (unpaired) electrons. The number of fused-ring (bicyclic) bond motifs is 1. The molecule has 0 bridgehead atoms. The van der Waals surface area contributed by atoms with Crippen LogP contribution in [0.4, 0.5) is 0 Å². The second-order valence-electron chi connectivity index (χ2n) is 8.46. The number of ether oxygens (including phenoxy) is 1. The normalized spacial score (nSPS) is 34.3. The highest BCUT2D eigenvalue weighted by molar-refractivity contribution is 5.90. The minimum absolute atomic E-state index is 0.0350. The van der Waals surface area contributed by atoms with Crippen LogP contribution < -0.4 is 0 Å². The Labute approximate surface area is 159 Å². The van der Waals surface area contributed by atoms with Crippen LogP contribution in [0.1, 0.15) is 25.7 Å². The first-order valence-electron chi connectivity index (χ1n) is 10.1. The number of likely N-dealkylation sites (tertiary alicyclic amines) is 2.